The number of non-ortho nitro benzene ring substituents is 1. The Morgan fingerprint density at radius 2 is 1.69 bits per heavy atom. The summed E-state index contributed by atoms with van der Waals surface area (Å²) in [6.07, 6.45) is 0. The van der Waals surface area contributed by atoms with E-state index in [0.29, 0.717) is 16.4 Å². The fourth-order valence-electron chi connectivity index (χ4n) is 3.88. The summed E-state index contributed by atoms with van der Waals surface area (Å²) in [4.78, 5) is 41.9. The molecule has 0 radical (unpaired) electrons. The standard InChI is InChI=1S/C29H22N4O4S2/c1-18-10-15-24-25(16-18)39-29(31-24)32-28(35)26(19-6-3-2-4-7-19)38-23-9-5-8-21(17-23)30-27(34)20-11-13-22(14-12-20)33(36)37/h2-17,26H,1H3,(H,30,34)(H,31,32,35). The van der Waals surface area contributed by atoms with Gasteiger partial charge in [-0.05, 0) is 60.5 Å². The highest BCUT2D eigenvalue weighted by molar-refractivity contribution is 8.00. The maximum absolute atomic E-state index is 13.5. The molecule has 1 heterocycles. The van der Waals surface area contributed by atoms with Crippen molar-refractivity contribution in [2.75, 3.05) is 10.6 Å². The number of nitro benzene ring substituents is 1. The number of rotatable bonds is 8. The van der Waals surface area contributed by atoms with Crippen LogP contribution in [0.2, 0.25) is 0 Å². The second-order valence-corrected chi connectivity index (χ2v) is 10.9. The topological polar surface area (TPSA) is 114 Å². The first-order valence-corrected chi connectivity index (χ1v) is 13.6. The second-order valence-electron chi connectivity index (χ2n) is 8.67. The SMILES string of the molecule is Cc1ccc2nc(NC(=O)C(Sc3cccc(NC(=O)c4ccc([N+](=O)[O-])cc4)c3)c3ccccc3)sc2c1. The Kier molecular flexibility index (Phi) is 7.67. The van der Waals surface area contributed by atoms with Gasteiger partial charge in [0, 0.05) is 28.3 Å². The van der Waals surface area contributed by atoms with Gasteiger partial charge in [0.15, 0.2) is 5.13 Å². The lowest BCUT2D eigenvalue weighted by atomic mass is 10.1. The molecule has 1 aromatic heterocycles. The number of anilines is 2. The van der Waals surface area contributed by atoms with Crippen molar-refractivity contribution in [3.63, 3.8) is 0 Å². The lowest BCUT2D eigenvalue weighted by molar-refractivity contribution is -0.384. The van der Waals surface area contributed by atoms with Gasteiger partial charge in [0.05, 0.1) is 15.1 Å². The number of thioether (sulfide) groups is 1. The zero-order valence-corrected chi connectivity index (χ0v) is 22.3. The lowest BCUT2D eigenvalue weighted by Crippen LogP contribution is -2.19. The minimum Gasteiger partial charge on any atom is -0.322 e. The smallest absolute Gasteiger partial charge is 0.269 e. The number of aryl methyl sites for hydroxylation is 1. The normalized spacial score (nSPS) is 11.6. The van der Waals surface area contributed by atoms with Crippen molar-refractivity contribution in [1.82, 2.24) is 4.98 Å². The van der Waals surface area contributed by atoms with E-state index in [1.54, 1.807) is 18.2 Å². The van der Waals surface area contributed by atoms with E-state index in [1.807, 2.05) is 61.5 Å². The summed E-state index contributed by atoms with van der Waals surface area (Å²) in [6.45, 7) is 2.02. The molecule has 0 aliphatic carbocycles. The Bertz CT molecular complexity index is 1670. The molecule has 0 bridgehead atoms. The van der Waals surface area contributed by atoms with Crippen LogP contribution in [0.25, 0.3) is 10.2 Å². The molecule has 0 fully saturated rings. The molecule has 0 saturated heterocycles. The molecule has 2 amide bonds. The molecule has 0 saturated carbocycles. The van der Waals surface area contributed by atoms with Gasteiger partial charge in [-0.2, -0.15) is 0 Å². The number of nitrogens with zero attached hydrogens (tertiary/aromatic N) is 2. The van der Waals surface area contributed by atoms with Crippen molar-refractivity contribution in [2.24, 2.45) is 0 Å². The van der Waals surface area contributed by atoms with Gasteiger partial charge in [-0.15, -0.1) is 11.8 Å². The zero-order valence-electron chi connectivity index (χ0n) is 20.7. The average molecular weight is 555 g/mol. The predicted molar refractivity (Wildman–Crippen MR) is 156 cm³/mol. The number of carbonyl (C=O) groups excluding carboxylic acids is 2. The van der Waals surface area contributed by atoms with E-state index in [1.165, 1.54) is 47.4 Å². The van der Waals surface area contributed by atoms with Crippen LogP contribution in [0, 0.1) is 17.0 Å². The van der Waals surface area contributed by atoms with Gasteiger partial charge < -0.3 is 10.6 Å². The maximum Gasteiger partial charge on any atom is 0.269 e. The first-order chi connectivity index (χ1) is 18.9. The van der Waals surface area contributed by atoms with Gasteiger partial charge in [-0.25, -0.2) is 4.98 Å². The minimum atomic E-state index is -0.569. The molecule has 1 atom stereocenters. The maximum atomic E-state index is 13.5. The van der Waals surface area contributed by atoms with Crippen molar-refractivity contribution in [3.05, 3.63) is 124 Å². The van der Waals surface area contributed by atoms with Gasteiger partial charge in [0.1, 0.15) is 5.25 Å². The molecule has 1 unspecified atom stereocenters. The number of hydrogen-bond donors (Lipinski definition) is 2. The Labute approximate surface area is 232 Å². The molecular weight excluding hydrogens is 532 g/mol. The van der Waals surface area contributed by atoms with Gasteiger partial charge >= 0.3 is 0 Å². The average Bonchev–Trinajstić information content (AvgIpc) is 3.33. The number of fused-ring (bicyclic) bond motifs is 1. The number of hydrogen-bond acceptors (Lipinski definition) is 7. The molecule has 10 heteroatoms. The molecule has 8 nitrogen and oxygen atoms in total. The van der Waals surface area contributed by atoms with Crippen molar-refractivity contribution < 1.29 is 14.5 Å². The highest BCUT2D eigenvalue weighted by Gasteiger charge is 2.23. The number of carbonyl (C=O) groups is 2. The van der Waals surface area contributed by atoms with Crippen LogP contribution in [-0.2, 0) is 4.79 Å². The minimum absolute atomic E-state index is 0.0869. The second kappa shape index (κ2) is 11.5. The van der Waals surface area contributed by atoms with Crippen LogP contribution in [0.4, 0.5) is 16.5 Å². The van der Waals surface area contributed by atoms with Crippen molar-refractivity contribution in [1.29, 1.82) is 0 Å². The molecular formula is C29H22N4O4S2. The van der Waals surface area contributed by atoms with Crippen LogP contribution in [0.15, 0.2) is 102 Å². The van der Waals surface area contributed by atoms with Crippen LogP contribution in [0.1, 0.15) is 26.7 Å². The molecule has 5 rings (SSSR count). The van der Waals surface area contributed by atoms with E-state index in [4.69, 9.17) is 0 Å². The Morgan fingerprint density at radius 1 is 0.923 bits per heavy atom. The van der Waals surface area contributed by atoms with Crippen LogP contribution in [0.3, 0.4) is 0 Å². The Hall–Kier alpha value is -4.54. The van der Waals surface area contributed by atoms with Crippen LogP contribution in [-0.4, -0.2) is 21.7 Å². The van der Waals surface area contributed by atoms with Crippen LogP contribution >= 0.6 is 23.1 Å². The summed E-state index contributed by atoms with van der Waals surface area (Å²) in [7, 11) is 0. The third-order valence-electron chi connectivity index (χ3n) is 5.80. The quantitative estimate of drug-likeness (QED) is 0.119. The van der Waals surface area contributed by atoms with E-state index in [9.17, 15) is 19.7 Å². The zero-order chi connectivity index (χ0) is 27.4. The summed E-state index contributed by atoms with van der Waals surface area (Å²) in [5.74, 6) is -0.599. The predicted octanol–water partition coefficient (Wildman–Crippen LogP) is 7.24. The monoisotopic (exact) mass is 554 g/mol. The molecule has 2 N–H and O–H groups in total. The molecule has 194 valence electrons. The first kappa shape index (κ1) is 26.1. The van der Waals surface area contributed by atoms with Crippen LogP contribution < -0.4 is 10.6 Å². The molecule has 4 aromatic carbocycles. The van der Waals surface area contributed by atoms with Crippen molar-refractivity contribution >= 4 is 61.6 Å². The highest BCUT2D eigenvalue weighted by Crippen LogP contribution is 2.38. The fourth-order valence-corrected chi connectivity index (χ4v) is 5.93. The highest BCUT2D eigenvalue weighted by atomic mass is 32.2. The molecule has 0 aliphatic heterocycles. The Morgan fingerprint density at radius 3 is 2.44 bits per heavy atom. The lowest BCUT2D eigenvalue weighted by Gasteiger charge is -2.17. The summed E-state index contributed by atoms with van der Waals surface area (Å²) >= 11 is 2.79. The molecule has 0 spiro atoms. The summed E-state index contributed by atoms with van der Waals surface area (Å²) < 4.78 is 1.01. The van der Waals surface area contributed by atoms with Crippen molar-refractivity contribution in [3.8, 4) is 0 Å². The van der Waals surface area contributed by atoms with E-state index in [2.05, 4.69) is 15.6 Å². The molecule has 39 heavy (non-hydrogen) atoms. The van der Waals surface area contributed by atoms with E-state index >= 15 is 0 Å². The summed E-state index contributed by atoms with van der Waals surface area (Å²) in [6, 6.07) is 28.0. The number of benzene rings is 4. The third kappa shape index (κ3) is 6.31. The van der Waals surface area contributed by atoms with Crippen molar-refractivity contribution in [2.45, 2.75) is 17.1 Å². The number of aromatic nitrogens is 1. The number of thiazole rings is 1. The number of nitrogens with one attached hydrogen (secondary N) is 2. The third-order valence-corrected chi connectivity index (χ3v) is 7.98. The Balaban J connectivity index is 1.34. The molecule has 5 aromatic rings. The van der Waals surface area contributed by atoms with Gasteiger partial charge in [-0.1, -0.05) is 53.8 Å². The number of amides is 2. The van der Waals surface area contributed by atoms with E-state index in [-0.39, 0.29) is 11.6 Å². The first-order valence-electron chi connectivity index (χ1n) is 11.9. The largest absolute Gasteiger partial charge is 0.322 e. The number of nitro groups is 1. The van der Waals surface area contributed by atoms with E-state index < -0.39 is 16.1 Å². The van der Waals surface area contributed by atoms with E-state index in [0.717, 1.165) is 26.2 Å². The van der Waals surface area contributed by atoms with Crippen LogP contribution in [0.5, 0.6) is 0 Å². The summed E-state index contributed by atoms with van der Waals surface area (Å²) in [5.41, 5.74) is 3.54. The fraction of sp³-hybridized carbons (Fsp3) is 0.0690. The molecule has 0 aliphatic rings. The van der Waals surface area contributed by atoms with Gasteiger partial charge in [0.2, 0.25) is 5.91 Å². The summed E-state index contributed by atoms with van der Waals surface area (Å²) in [5, 5.41) is 16.6. The van der Waals surface area contributed by atoms with Gasteiger partial charge in [0.25, 0.3) is 11.6 Å². The van der Waals surface area contributed by atoms with Gasteiger partial charge in [-0.3, -0.25) is 19.7 Å².